The number of aryl methyl sites for hydroxylation is 1. The average Bonchev–Trinajstić information content (AvgIpc) is 2.76. The first-order chi connectivity index (χ1) is 14.7. The van der Waals surface area contributed by atoms with Gasteiger partial charge in [0, 0.05) is 37.3 Å². The van der Waals surface area contributed by atoms with Crippen LogP contribution in [0, 0.1) is 6.92 Å². The number of carbonyl (C=O) groups is 1. The summed E-state index contributed by atoms with van der Waals surface area (Å²) < 4.78 is 32.3. The van der Waals surface area contributed by atoms with Crippen molar-refractivity contribution in [1.82, 2.24) is 9.21 Å². The first-order valence-electron chi connectivity index (χ1n) is 10.1. The van der Waals surface area contributed by atoms with E-state index in [1.165, 1.54) is 11.4 Å². The van der Waals surface area contributed by atoms with Crippen LogP contribution >= 0.6 is 11.6 Å². The van der Waals surface area contributed by atoms with E-state index in [0.29, 0.717) is 42.6 Å². The molecule has 1 atom stereocenters. The molecule has 1 heterocycles. The molecule has 1 N–H and O–H groups in total. The monoisotopic (exact) mass is 465 g/mol. The summed E-state index contributed by atoms with van der Waals surface area (Å²) in [5.74, 6) is 0.299. The number of sulfonamides is 1. The minimum Gasteiger partial charge on any atom is -0.495 e. The maximum absolute atomic E-state index is 12.8. The first-order valence-corrected chi connectivity index (χ1v) is 12.1. The van der Waals surface area contributed by atoms with Gasteiger partial charge in [0.05, 0.1) is 24.6 Å². The molecule has 1 saturated heterocycles. The van der Waals surface area contributed by atoms with Gasteiger partial charge in [-0.25, -0.2) is 8.42 Å². The van der Waals surface area contributed by atoms with Crippen molar-refractivity contribution in [2.24, 2.45) is 0 Å². The van der Waals surface area contributed by atoms with Gasteiger partial charge in [-0.05, 0) is 31.0 Å². The summed E-state index contributed by atoms with van der Waals surface area (Å²) in [6.07, 6.45) is 0. The maximum Gasteiger partial charge on any atom is 0.241 e. The molecule has 0 spiro atoms. The number of nitrogens with zero attached hydrogens (tertiary/aromatic N) is 2. The van der Waals surface area contributed by atoms with E-state index in [4.69, 9.17) is 16.3 Å². The maximum atomic E-state index is 12.8. The van der Waals surface area contributed by atoms with Gasteiger partial charge in [-0.2, -0.15) is 4.31 Å². The summed E-state index contributed by atoms with van der Waals surface area (Å²) in [5, 5.41) is 3.47. The number of nitrogens with one attached hydrogen (secondary N) is 1. The summed E-state index contributed by atoms with van der Waals surface area (Å²) in [4.78, 5) is 14.8. The zero-order valence-corrected chi connectivity index (χ0v) is 19.5. The van der Waals surface area contributed by atoms with E-state index in [1.54, 1.807) is 12.1 Å². The van der Waals surface area contributed by atoms with Crippen LogP contribution in [0.3, 0.4) is 0 Å². The quantitative estimate of drug-likeness (QED) is 0.679. The fraction of sp³-hybridized carbons (Fsp3) is 0.409. The van der Waals surface area contributed by atoms with Gasteiger partial charge >= 0.3 is 0 Å². The largest absolute Gasteiger partial charge is 0.495 e. The average molecular weight is 466 g/mol. The number of anilines is 1. The van der Waals surface area contributed by atoms with E-state index in [2.05, 4.69) is 5.32 Å². The summed E-state index contributed by atoms with van der Waals surface area (Å²) in [5.41, 5.74) is 2.16. The standard InChI is InChI=1S/C22H28ClN3O4S/c1-16-13-20(21(30-3)14-19(16)23)24-22(27)17(2)25-9-11-26(12-10-25)31(28,29)15-18-7-5-4-6-8-18/h4-8,13-14,17H,9-12,15H2,1-3H3,(H,24,27). The van der Waals surface area contributed by atoms with Gasteiger partial charge < -0.3 is 10.1 Å². The molecule has 0 aromatic heterocycles. The van der Waals surface area contributed by atoms with E-state index in [-0.39, 0.29) is 11.7 Å². The van der Waals surface area contributed by atoms with Gasteiger partial charge in [0.25, 0.3) is 0 Å². The number of ether oxygens (including phenoxy) is 1. The van der Waals surface area contributed by atoms with Crippen molar-refractivity contribution in [2.75, 3.05) is 38.6 Å². The third-order valence-corrected chi connectivity index (χ3v) is 7.78. The van der Waals surface area contributed by atoms with Crippen LogP contribution in [0.4, 0.5) is 5.69 Å². The minimum absolute atomic E-state index is 0.0143. The number of piperazine rings is 1. The zero-order valence-electron chi connectivity index (χ0n) is 18.0. The Morgan fingerprint density at radius 2 is 1.81 bits per heavy atom. The zero-order chi connectivity index (χ0) is 22.6. The number of carbonyl (C=O) groups excluding carboxylic acids is 1. The number of rotatable bonds is 7. The first kappa shape index (κ1) is 23.5. The van der Waals surface area contributed by atoms with Crippen molar-refractivity contribution in [3.63, 3.8) is 0 Å². The number of amides is 1. The normalized spacial score (nSPS) is 16.6. The molecular formula is C22H28ClN3O4S. The Bertz CT molecular complexity index is 1020. The molecule has 168 valence electrons. The van der Waals surface area contributed by atoms with Gasteiger partial charge in [-0.3, -0.25) is 9.69 Å². The number of hydrogen-bond donors (Lipinski definition) is 1. The van der Waals surface area contributed by atoms with Crippen molar-refractivity contribution in [3.8, 4) is 5.75 Å². The van der Waals surface area contributed by atoms with E-state index in [0.717, 1.165) is 11.1 Å². The molecule has 1 amide bonds. The fourth-order valence-electron chi connectivity index (χ4n) is 3.58. The number of halogens is 1. The van der Waals surface area contributed by atoms with E-state index in [9.17, 15) is 13.2 Å². The number of benzene rings is 2. The highest BCUT2D eigenvalue weighted by atomic mass is 35.5. The third kappa shape index (κ3) is 5.77. The molecule has 1 aliphatic rings. The van der Waals surface area contributed by atoms with Crippen LogP contribution < -0.4 is 10.1 Å². The van der Waals surface area contributed by atoms with Crippen molar-refractivity contribution >= 4 is 33.2 Å². The molecule has 2 aromatic rings. The molecular weight excluding hydrogens is 438 g/mol. The summed E-state index contributed by atoms with van der Waals surface area (Å²) in [6, 6.07) is 12.2. The molecule has 2 aromatic carbocycles. The molecule has 1 aliphatic heterocycles. The molecule has 9 heteroatoms. The Kier molecular flexibility index (Phi) is 7.59. The smallest absolute Gasteiger partial charge is 0.241 e. The van der Waals surface area contributed by atoms with Crippen LogP contribution in [-0.2, 0) is 20.6 Å². The van der Waals surface area contributed by atoms with Crippen LogP contribution in [0.2, 0.25) is 5.02 Å². The molecule has 31 heavy (non-hydrogen) atoms. The van der Waals surface area contributed by atoms with Gasteiger partial charge in [0.15, 0.2) is 0 Å². The highest BCUT2D eigenvalue weighted by Gasteiger charge is 2.31. The molecule has 1 fully saturated rings. The van der Waals surface area contributed by atoms with E-state index < -0.39 is 16.1 Å². The Labute approximate surface area is 189 Å². The molecule has 1 unspecified atom stereocenters. The minimum atomic E-state index is -3.40. The second-order valence-electron chi connectivity index (χ2n) is 7.64. The van der Waals surface area contributed by atoms with Crippen LogP contribution in [0.1, 0.15) is 18.1 Å². The van der Waals surface area contributed by atoms with Crippen LogP contribution in [0.5, 0.6) is 5.75 Å². The molecule has 0 bridgehead atoms. The molecule has 0 aliphatic carbocycles. The predicted molar refractivity (Wildman–Crippen MR) is 123 cm³/mol. The summed E-state index contributed by atoms with van der Waals surface area (Å²) in [7, 11) is -1.87. The van der Waals surface area contributed by atoms with Gasteiger partial charge in [-0.15, -0.1) is 0 Å². The lowest BCUT2D eigenvalue weighted by Crippen LogP contribution is -2.54. The second-order valence-corrected chi connectivity index (χ2v) is 10.0. The summed E-state index contributed by atoms with van der Waals surface area (Å²) in [6.45, 7) is 5.36. The van der Waals surface area contributed by atoms with E-state index >= 15 is 0 Å². The van der Waals surface area contributed by atoms with Crippen LogP contribution in [0.25, 0.3) is 0 Å². The molecule has 3 rings (SSSR count). The number of hydrogen-bond acceptors (Lipinski definition) is 5. The van der Waals surface area contributed by atoms with Crippen molar-refractivity contribution in [3.05, 3.63) is 58.6 Å². The lowest BCUT2D eigenvalue weighted by Gasteiger charge is -2.36. The Morgan fingerprint density at radius 3 is 2.42 bits per heavy atom. The molecule has 0 radical (unpaired) electrons. The lowest BCUT2D eigenvalue weighted by atomic mass is 10.1. The molecule has 0 saturated carbocycles. The summed E-state index contributed by atoms with van der Waals surface area (Å²) >= 11 is 6.13. The van der Waals surface area contributed by atoms with Crippen LogP contribution in [-0.4, -0.2) is 62.9 Å². The fourth-order valence-corrected chi connectivity index (χ4v) is 5.25. The second kappa shape index (κ2) is 9.99. The molecule has 7 nitrogen and oxygen atoms in total. The van der Waals surface area contributed by atoms with Crippen molar-refractivity contribution < 1.29 is 17.9 Å². The van der Waals surface area contributed by atoms with Gasteiger partial charge in [-0.1, -0.05) is 41.9 Å². The Hall–Kier alpha value is -2.13. The van der Waals surface area contributed by atoms with Crippen molar-refractivity contribution in [1.29, 1.82) is 0 Å². The van der Waals surface area contributed by atoms with Crippen molar-refractivity contribution in [2.45, 2.75) is 25.6 Å². The van der Waals surface area contributed by atoms with Gasteiger partial charge in [0.2, 0.25) is 15.9 Å². The Morgan fingerprint density at radius 1 is 1.16 bits per heavy atom. The van der Waals surface area contributed by atoms with E-state index in [1.807, 2.05) is 49.1 Å². The SMILES string of the molecule is COc1cc(Cl)c(C)cc1NC(=O)C(C)N1CCN(S(=O)(=O)Cc2ccccc2)CC1. The van der Waals surface area contributed by atoms with Crippen LogP contribution in [0.15, 0.2) is 42.5 Å². The topological polar surface area (TPSA) is 79.0 Å². The van der Waals surface area contributed by atoms with Gasteiger partial charge in [0.1, 0.15) is 5.75 Å². The lowest BCUT2D eigenvalue weighted by molar-refractivity contribution is -0.121. The number of methoxy groups -OCH3 is 1. The Balaban J connectivity index is 1.59. The highest BCUT2D eigenvalue weighted by Crippen LogP contribution is 2.31. The predicted octanol–water partition coefficient (Wildman–Crippen LogP) is 3.13. The third-order valence-electron chi connectivity index (χ3n) is 5.52. The highest BCUT2D eigenvalue weighted by molar-refractivity contribution is 7.88.